The first-order valence-corrected chi connectivity index (χ1v) is 7.77. The molecule has 0 spiro atoms. The Morgan fingerprint density at radius 3 is 2.83 bits per heavy atom. The van der Waals surface area contributed by atoms with Gasteiger partial charge >= 0.3 is 7.60 Å². The fourth-order valence-corrected chi connectivity index (χ4v) is 2.61. The average molecular weight is 293 g/mol. The van der Waals surface area contributed by atoms with Gasteiger partial charge in [-0.25, -0.2) is 0 Å². The maximum Gasteiger partial charge on any atom is 0.347 e. The average Bonchev–Trinajstić information content (AvgIpc) is 2.27. The van der Waals surface area contributed by atoms with Crippen molar-refractivity contribution in [2.75, 3.05) is 17.3 Å². The summed E-state index contributed by atoms with van der Waals surface area (Å²) in [7, 11) is -3.66. The highest BCUT2D eigenvalue weighted by molar-refractivity contribution is 7.52. The van der Waals surface area contributed by atoms with Gasteiger partial charge in [0.2, 0.25) is 0 Å². The number of rotatable bonds is 6. The third-order valence-electron chi connectivity index (χ3n) is 2.40. The van der Waals surface area contributed by atoms with E-state index in [0.29, 0.717) is 22.8 Å². The summed E-state index contributed by atoms with van der Waals surface area (Å²) in [4.78, 5) is 9.63. The van der Waals surface area contributed by atoms with E-state index in [1.165, 1.54) is 0 Å². The van der Waals surface area contributed by atoms with Crippen LogP contribution in [0.15, 0.2) is 18.2 Å². The Bertz CT molecular complexity index is 456. The number of hydrogen-bond acceptors (Lipinski definition) is 4. The maximum atomic E-state index is 11.7. The van der Waals surface area contributed by atoms with Crippen molar-refractivity contribution in [3.63, 3.8) is 0 Å². The predicted molar refractivity (Wildman–Crippen MR) is 75.0 cm³/mol. The summed E-state index contributed by atoms with van der Waals surface area (Å²) < 4.78 is 16.8. The smallest absolute Gasteiger partial charge is 0.347 e. The summed E-state index contributed by atoms with van der Waals surface area (Å²) in [6.07, 6.45) is 0.224. The van der Waals surface area contributed by atoms with E-state index in [1.54, 1.807) is 25.1 Å². The van der Waals surface area contributed by atoms with Gasteiger partial charge in [-0.3, -0.25) is 4.57 Å². The molecule has 102 valence electrons. The van der Waals surface area contributed by atoms with Gasteiger partial charge in [0.15, 0.2) is 0 Å². The first kappa shape index (κ1) is 15.3. The molecular formula is C11H18ClN2O3P. The highest BCUT2D eigenvalue weighted by Gasteiger charge is 2.22. The lowest BCUT2D eigenvalue weighted by Gasteiger charge is -2.18. The normalized spacial score (nSPS) is 16.0. The van der Waals surface area contributed by atoms with Crippen molar-refractivity contribution in [1.29, 1.82) is 0 Å². The van der Waals surface area contributed by atoms with Gasteiger partial charge in [0.25, 0.3) is 0 Å². The molecule has 2 unspecified atom stereocenters. The second-order valence-electron chi connectivity index (χ2n) is 4.03. The standard InChI is InChI=1S/C11H18ClN2O3P/c1-3-8(2)17-18(15,16)7-14-11-5-4-9(12)6-10(11)13/h4-6,8,14H,3,7,13H2,1-2H3,(H,15,16). The molecule has 2 atom stereocenters. The largest absolute Gasteiger partial charge is 0.397 e. The Hall–Kier alpha value is -0.740. The summed E-state index contributed by atoms with van der Waals surface area (Å²) in [5.74, 6) is 0. The first-order valence-electron chi connectivity index (χ1n) is 5.63. The molecule has 0 aliphatic rings. The summed E-state index contributed by atoms with van der Waals surface area (Å²) in [5, 5.41) is 3.30. The number of nitrogen functional groups attached to an aromatic ring is 1. The Balaban J connectivity index is 2.61. The van der Waals surface area contributed by atoms with Crippen molar-refractivity contribution < 1.29 is 14.0 Å². The molecule has 7 heteroatoms. The Morgan fingerprint density at radius 2 is 2.28 bits per heavy atom. The molecule has 18 heavy (non-hydrogen) atoms. The Morgan fingerprint density at radius 1 is 1.61 bits per heavy atom. The topological polar surface area (TPSA) is 84.6 Å². The van der Waals surface area contributed by atoms with E-state index in [-0.39, 0.29) is 12.4 Å². The van der Waals surface area contributed by atoms with E-state index in [4.69, 9.17) is 21.9 Å². The van der Waals surface area contributed by atoms with Crippen LogP contribution in [-0.4, -0.2) is 17.3 Å². The van der Waals surface area contributed by atoms with Crippen molar-refractivity contribution in [3.8, 4) is 0 Å². The SMILES string of the molecule is CCC(C)OP(=O)(O)CNc1ccc(Cl)cc1N. The van der Waals surface area contributed by atoms with E-state index < -0.39 is 7.60 Å². The quantitative estimate of drug-likeness (QED) is 0.553. The van der Waals surface area contributed by atoms with Crippen LogP contribution < -0.4 is 11.1 Å². The zero-order valence-electron chi connectivity index (χ0n) is 10.4. The second kappa shape index (κ2) is 6.43. The summed E-state index contributed by atoms with van der Waals surface area (Å²) in [5.41, 5.74) is 6.70. The van der Waals surface area contributed by atoms with Crippen molar-refractivity contribution >= 4 is 30.6 Å². The first-order chi connectivity index (χ1) is 8.34. The van der Waals surface area contributed by atoms with E-state index in [1.807, 2.05) is 6.92 Å². The van der Waals surface area contributed by atoms with Gasteiger partial charge in [-0.1, -0.05) is 18.5 Å². The third kappa shape index (κ3) is 4.86. The molecule has 0 aliphatic carbocycles. The number of benzene rings is 1. The molecule has 4 N–H and O–H groups in total. The van der Waals surface area contributed by atoms with Crippen LogP contribution >= 0.6 is 19.2 Å². The molecule has 0 aromatic heterocycles. The van der Waals surface area contributed by atoms with Crippen LogP contribution in [-0.2, 0) is 9.09 Å². The van der Waals surface area contributed by atoms with Crippen LogP contribution in [0.25, 0.3) is 0 Å². The summed E-state index contributed by atoms with van der Waals surface area (Å²) >= 11 is 5.76. The molecule has 1 aromatic carbocycles. The van der Waals surface area contributed by atoms with Gasteiger partial charge in [-0.2, -0.15) is 0 Å². The summed E-state index contributed by atoms with van der Waals surface area (Å²) in [6, 6.07) is 4.88. The minimum atomic E-state index is -3.66. The lowest BCUT2D eigenvalue weighted by Crippen LogP contribution is -2.11. The Kier molecular flexibility index (Phi) is 5.47. The second-order valence-corrected chi connectivity index (χ2v) is 6.27. The molecule has 0 radical (unpaired) electrons. The van der Waals surface area contributed by atoms with Gasteiger partial charge in [-0.05, 0) is 31.5 Å². The predicted octanol–water partition coefficient (Wildman–Crippen LogP) is 3.29. The monoisotopic (exact) mass is 292 g/mol. The van der Waals surface area contributed by atoms with Crippen LogP contribution in [0.2, 0.25) is 5.02 Å². The third-order valence-corrected chi connectivity index (χ3v) is 3.88. The molecule has 1 aromatic rings. The molecular weight excluding hydrogens is 275 g/mol. The minimum Gasteiger partial charge on any atom is -0.397 e. The lowest BCUT2D eigenvalue weighted by molar-refractivity contribution is 0.186. The van der Waals surface area contributed by atoms with E-state index in [2.05, 4.69) is 5.32 Å². The van der Waals surface area contributed by atoms with Crippen molar-refractivity contribution in [2.45, 2.75) is 26.4 Å². The maximum absolute atomic E-state index is 11.7. The van der Waals surface area contributed by atoms with Crippen LogP contribution in [0, 0.1) is 0 Å². The van der Waals surface area contributed by atoms with Crippen molar-refractivity contribution in [2.24, 2.45) is 0 Å². The molecule has 5 nitrogen and oxygen atoms in total. The molecule has 1 rings (SSSR count). The molecule has 0 saturated heterocycles. The molecule has 0 saturated carbocycles. The fraction of sp³-hybridized carbons (Fsp3) is 0.455. The zero-order chi connectivity index (χ0) is 13.8. The minimum absolute atomic E-state index is 0.191. The van der Waals surface area contributed by atoms with Gasteiger partial charge in [-0.15, -0.1) is 0 Å². The highest BCUT2D eigenvalue weighted by atomic mass is 35.5. The fourth-order valence-electron chi connectivity index (χ4n) is 1.27. The Labute approximate surface area is 112 Å². The van der Waals surface area contributed by atoms with E-state index in [0.717, 1.165) is 0 Å². The van der Waals surface area contributed by atoms with Crippen molar-refractivity contribution in [1.82, 2.24) is 0 Å². The number of nitrogens with two attached hydrogens (primary N) is 1. The molecule has 0 fully saturated rings. The van der Waals surface area contributed by atoms with Gasteiger partial charge in [0.05, 0.1) is 17.5 Å². The number of hydrogen-bond donors (Lipinski definition) is 3. The van der Waals surface area contributed by atoms with Crippen LogP contribution in [0.3, 0.4) is 0 Å². The van der Waals surface area contributed by atoms with Crippen molar-refractivity contribution in [3.05, 3.63) is 23.2 Å². The van der Waals surface area contributed by atoms with E-state index in [9.17, 15) is 9.46 Å². The number of anilines is 2. The van der Waals surface area contributed by atoms with Crippen LogP contribution in [0.4, 0.5) is 11.4 Å². The van der Waals surface area contributed by atoms with Gasteiger partial charge in [0, 0.05) is 5.02 Å². The van der Waals surface area contributed by atoms with Gasteiger partial charge in [0.1, 0.15) is 6.29 Å². The van der Waals surface area contributed by atoms with E-state index >= 15 is 0 Å². The zero-order valence-corrected chi connectivity index (χ0v) is 12.0. The molecule has 0 aliphatic heterocycles. The molecule has 0 bridgehead atoms. The number of nitrogens with one attached hydrogen (secondary N) is 1. The lowest BCUT2D eigenvalue weighted by atomic mass is 10.3. The van der Waals surface area contributed by atoms with Crippen LogP contribution in [0.5, 0.6) is 0 Å². The molecule has 0 heterocycles. The molecule has 0 amide bonds. The highest BCUT2D eigenvalue weighted by Crippen LogP contribution is 2.43. The van der Waals surface area contributed by atoms with Crippen LogP contribution in [0.1, 0.15) is 20.3 Å². The summed E-state index contributed by atoms with van der Waals surface area (Å²) in [6.45, 7) is 3.63. The van der Waals surface area contributed by atoms with Gasteiger partial charge < -0.3 is 20.5 Å². The number of halogens is 1.